The fourth-order valence-electron chi connectivity index (χ4n) is 0.341. The number of hydrogen-bond acceptors (Lipinski definition) is 2. The third-order valence-corrected chi connectivity index (χ3v) is 1.40. The third-order valence-electron chi connectivity index (χ3n) is 0.902. The molecular weight excluding hydrogens is 130 g/mol. The molecule has 1 atom stereocenters. The highest BCUT2D eigenvalue weighted by Gasteiger charge is 1.88. The normalized spacial score (nSPS) is 15.4. The van der Waals surface area contributed by atoms with E-state index < -0.39 is 0 Å². The molecular formula is C7H13NS. The van der Waals surface area contributed by atoms with Crippen molar-refractivity contribution in [2.45, 2.75) is 25.6 Å². The Balaban J connectivity index is 3.43. The molecule has 0 saturated heterocycles. The van der Waals surface area contributed by atoms with E-state index in [2.05, 4.69) is 24.5 Å². The molecule has 0 aliphatic heterocycles. The zero-order chi connectivity index (χ0) is 7.11. The van der Waals surface area contributed by atoms with Crippen LogP contribution in [-0.2, 0) is 0 Å². The summed E-state index contributed by atoms with van der Waals surface area (Å²) in [5, 5.41) is 0.168. The lowest BCUT2D eigenvalue weighted by Crippen LogP contribution is -1.88. The predicted octanol–water partition coefficient (Wildman–Crippen LogP) is 2.30. The van der Waals surface area contributed by atoms with Gasteiger partial charge in [-0.15, -0.1) is 0 Å². The van der Waals surface area contributed by atoms with Crippen molar-refractivity contribution in [1.29, 1.82) is 0 Å². The summed E-state index contributed by atoms with van der Waals surface area (Å²) in [5.41, 5.74) is 0. The summed E-state index contributed by atoms with van der Waals surface area (Å²) in [4.78, 5) is 4.08. The summed E-state index contributed by atoms with van der Waals surface area (Å²) in [7, 11) is 0. The molecule has 0 aromatic rings. The first kappa shape index (κ1) is 8.76. The lowest BCUT2D eigenvalue weighted by molar-refractivity contribution is 0.881. The van der Waals surface area contributed by atoms with Crippen molar-refractivity contribution in [3.8, 4) is 0 Å². The van der Waals surface area contributed by atoms with Crippen LogP contribution in [0.25, 0.3) is 0 Å². The number of nitrogens with zero attached hydrogens (tertiary/aromatic N) is 1. The van der Waals surface area contributed by atoms with Crippen molar-refractivity contribution < 1.29 is 0 Å². The molecule has 0 amide bonds. The lowest BCUT2D eigenvalue weighted by Gasteiger charge is -1.95. The van der Waals surface area contributed by atoms with Crippen LogP contribution in [0.15, 0.2) is 17.1 Å². The number of hydrogen-bond donors (Lipinski definition) is 1. The highest BCUT2D eigenvalue weighted by Crippen LogP contribution is 1.99. The first-order valence-corrected chi connectivity index (χ1v) is 3.65. The average Bonchev–Trinajstić information content (AvgIpc) is 1.89. The maximum atomic E-state index is 4.17. The molecule has 0 aromatic heterocycles. The zero-order valence-corrected chi connectivity index (χ0v) is 6.81. The van der Waals surface area contributed by atoms with Gasteiger partial charge in [-0.1, -0.05) is 13.0 Å². The van der Waals surface area contributed by atoms with Crippen LogP contribution in [0.4, 0.5) is 0 Å². The Hall–Kier alpha value is -0.240. The predicted molar refractivity (Wildman–Crippen MR) is 46.4 cm³/mol. The van der Waals surface area contributed by atoms with E-state index in [-0.39, 0.29) is 5.37 Å². The summed E-state index contributed by atoms with van der Waals surface area (Å²) in [6.45, 7) is 4.02. The Bertz CT molecular complexity index is 107. The summed E-state index contributed by atoms with van der Waals surface area (Å²) in [6, 6.07) is 0. The van der Waals surface area contributed by atoms with Gasteiger partial charge in [0.2, 0.25) is 0 Å². The maximum Gasteiger partial charge on any atom is 0.0920 e. The van der Waals surface area contributed by atoms with Gasteiger partial charge < -0.3 is 0 Å². The largest absolute Gasteiger partial charge is 0.279 e. The molecule has 0 rings (SSSR count). The van der Waals surface area contributed by atoms with Gasteiger partial charge in [-0.2, -0.15) is 12.6 Å². The van der Waals surface area contributed by atoms with Gasteiger partial charge in [0.05, 0.1) is 5.37 Å². The Morgan fingerprint density at radius 3 is 2.78 bits per heavy atom. The van der Waals surface area contributed by atoms with Gasteiger partial charge >= 0.3 is 0 Å². The minimum atomic E-state index is 0.168. The molecule has 52 valence electrons. The van der Waals surface area contributed by atoms with Crippen LogP contribution in [0.5, 0.6) is 0 Å². The first-order chi connectivity index (χ1) is 4.31. The number of rotatable bonds is 3. The third kappa shape index (κ3) is 5.63. The fourth-order valence-corrected chi connectivity index (χ4v) is 0.417. The maximum absolute atomic E-state index is 4.17. The van der Waals surface area contributed by atoms with Crippen molar-refractivity contribution >= 4 is 18.8 Å². The quantitative estimate of drug-likeness (QED) is 0.460. The summed E-state index contributed by atoms with van der Waals surface area (Å²) >= 11 is 4.17. The Morgan fingerprint density at radius 1 is 1.67 bits per heavy atom. The second-order valence-electron chi connectivity index (χ2n) is 1.71. The topological polar surface area (TPSA) is 12.4 Å². The number of aliphatic imine (C=N–C) groups is 1. The molecule has 0 aliphatic rings. The van der Waals surface area contributed by atoms with Crippen LogP contribution in [0.3, 0.4) is 0 Å². The summed E-state index contributed by atoms with van der Waals surface area (Å²) < 4.78 is 0. The van der Waals surface area contributed by atoms with Crippen molar-refractivity contribution in [3.05, 3.63) is 12.2 Å². The molecule has 0 radical (unpaired) electrons. The Labute approximate surface area is 62.3 Å². The molecule has 0 spiro atoms. The van der Waals surface area contributed by atoms with Crippen LogP contribution in [0, 0.1) is 0 Å². The number of allylic oxidation sites excluding steroid dienone is 2. The summed E-state index contributed by atoms with van der Waals surface area (Å²) in [6.07, 6.45) is 6.61. The van der Waals surface area contributed by atoms with Gasteiger partial charge in [0, 0.05) is 6.21 Å². The Morgan fingerprint density at radius 2 is 2.33 bits per heavy atom. The van der Waals surface area contributed by atoms with E-state index in [1.54, 1.807) is 6.21 Å². The highest BCUT2D eigenvalue weighted by atomic mass is 32.1. The lowest BCUT2D eigenvalue weighted by atomic mass is 10.5. The molecule has 0 bridgehead atoms. The average molecular weight is 143 g/mol. The molecule has 0 N–H and O–H groups in total. The minimum Gasteiger partial charge on any atom is -0.279 e. The van der Waals surface area contributed by atoms with Crippen LogP contribution in [-0.4, -0.2) is 11.6 Å². The van der Waals surface area contributed by atoms with Gasteiger partial charge in [0.15, 0.2) is 0 Å². The highest BCUT2D eigenvalue weighted by molar-refractivity contribution is 7.80. The Kier molecular flexibility index (Phi) is 5.73. The van der Waals surface area contributed by atoms with Gasteiger partial charge in [-0.3, -0.25) is 4.99 Å². The van der Waals surface area contributed by atoms with Crippen LogP contribution in [0.2, 0.25) is 0 Å². The minimum absolute atomic E-state index is 0.168. The van der Waals surface area contributed by atoms with Crippen molar-refractivity contribution in [3.63, 3.8) is 0 Å². The van der Waals surface area contributed by atoms with E-state index in [4.69, 9.17) is 0 Å². The zero-order valence-electron chi connectivity index (χ0n) is 5.91. The molecule has 0 saturated carbocycles. The SMILES string of the molecule is C/C=C\C=NC(S)CC. The van der Waals surface area contributed by atoms with E-state index in [1.807, 2.05) is 19.1 Å². The molecule has 0 aromatic carbocycles. The molecule has 1 nitrogen and oxygen atoms in total. The second kappa shape index (κ2) is 5.89. The monoisotopic (exact) mass is 143 g/mol. The van der Waals surface area contributed by atoms with E-state index >= 15 is 0 Å². The van der Waals surface area contributed by atoms with E-state index in [1.165, 1.54) is 0 Å². The van der Waals surface area contributed by atoms with E-state index in [9.17, 15) is 0 Å². The van der Waals surface area contributed by atoms with Crippen molar-refractivity contribution in [2.24, 2.45) is 4.99 Å². The fraction of sp³-hybridized carbons (Fsp3) is 0.571. The molecule has 0 fully saturated rings. The molecule has 9 heavy (non-hydrogen) atoms. The van der Waals surface area contributed by atoms with Crippen molar-refractivity contribution in [2.75, 3.05) is 0 Å². The number of thiol groups is 1. The standard InChI is InChI=1S/C7H13NS/c1-3-5-6-8-7(9)4-2/h3,5-7,9H,4H2,1-2H3/b5-3-,8-6?. The van der Waals surface area contributed by atoms with E-state index in [0.717, 1.165) is 6.42 Å². The second-order valence-corrected chi connectivity index (χ2v) is 2.31. The van der Waals surface area contributed by atoms with Crippen molar-refractivity contribution in [1.82, 2.24) is 0 Å². The molecule has 2 heteroatoms. The van der Waals surface area contributed by atoms with Gasteiger partial charge in [0.25, 0.3) is 0 Å². The smallest absolute Gasteiger partial charge is 0.0920 e. The molecule has 0 aliphatic carbocycles. The van der Waals surface area contributed by atoms with E-state index in [0.29, 0.717) is 0 Å². The van der Waals surface area contributed by atoms with Gasteiger partial charge in [0.1, 0.15) is 0 Å². The van der Waals surface area contributed by atoms with Gasteiger partial charge in [-0.25, -0.2) is 0 Å². The molecule has 1 unspecified atom stereocenters. The molecule has 0 heterocycles. The van der Waals surface area contributed by atoms with Gasteiger partial charge in [-0.05, 0) is 19.4 Å². The van der Waals surface area contributed by atoms with Crippen LogP contribution in [0.1, 0.15) is 20.3 Å². The van der Waals surface area contributed by atoms with Crippen LogP contribution >= 0.6 is 12.6 Å². The summed E-state index contributed by atoms with van der Waals surface area (Å²) in [5.74, 6) is 0. The first-order valence-electron chi connectivity index (χ1n) is 3.13. The van der Waals surface area contributed by atoms with Crippen LogP contribution < -0.4 is 0 Å².